The molecule has 0 aromatic carbocycles. The standard InChI is InChI=1S/C23H29N9O2/c1-32(2)9-10-33-22-13-20(26-21-12-18(29-30-21)15-6-7-15)27-23(28-22)25-14-16-11-19(31-34-16)17-5-3-4-8-24-17/h3-5,8,11-13,15,21,29-30H,6-7,9-10,14H2,1-2H3,(H2,25,26,27,28). The second-order valence-electron chi connectivity index (χ2n) is 8.60. The van der Waals surface area contributed by atoms with Crippen LogP contribution in [0.25, 0.3) is 11.4 Å². The Morgan fingerprint density at radius 3 is 2.88 bits per heavy atom. The maximum atomic E-state index is 5.88. The lowest BCUT2D eigenvalue weighted by Crippen LogP contribution is -2.37. The Kier molecular flexibility index (Phi) is 6.54. The first-order valence-electron chi connectivity index (χ1n) is 11.4. The molecule has 1 atom stereocenters. The van der Waals surface area contributed by atoms with Crippen molar-refractivity contribution in [2.45, 2.75) is 25.6 Å². The van der Waals surface area contributed by atoms with Crippen molar-refractivity contribution in [3.05, 3.63) is 54.1 Å². The molecule has 11 nitrogen and oxygen atoms in total. The van der Waals surface area contributed by atoms with E-state index in [4.69, 9.17) is 9.26 Å². The van der Waals surface area contributed by atoms with Crippen LogP contribution in [0.4, 0.5) is 11.8 Å². The van der Waals surface area contributed by atoms with Crippen LogP contribution in [-0.2, 0) is 6.54 Å². The Morgan fingerprint density at radius 2 is 2.09 bits per heavy atom. The maximum Gasteiger partial charge on any atom is 0.228 e. The Balaban J connectivity index is 1.27. The number of nitrogens with one attached hydrogen (secondary N) is 4. The van der Waals surface area contributed by atoms with Gasteiger partial charge in [-0.2, -0.15) is 9.97 Å². The molecule has 178 valence electrons. The number of likely N-dealkylation sites (N-methyl/N-ethyl adjacent to an activating group) is 1. The number of anilines is 2. The van der Waals surface area contributed by atoms with E-state index in [1.54, 1.807) is 12.3 Å². The van der Waals surface area contributed by atoms with Crippen LogP contribution in [0.5, 0.6) is 5.88 Å². The third-order valence-electron chi connectivity index (χ3n) is 5.44. The molecule has 4 heterocycles. The third kappa shape index (κ3) is 5.80. The molecule has 34 heavy (non-hydrogen) atoms. The first-order chi connectivity index (χ1) is 16.6. The molecule has 4 N–H and O–H groups in total. The lowest BCUT2D eigenvalue weighted by Gasteiger charge is -2.15. The lowest BCUT2D eigenvalue weighted by molar-refractivity contribution is 0.254. The van der Waals surface area contributed by atoms with Crippen molar-refractivity contribution < 1.29 is 9.26 Å². The number of ether oxygens (including phenoxy) is 1. The van der Waals surface area contributed by atoms with Crippen molar-refractivity contribution in [1.82, 2.24) is 35.9 Å². The fraction of sp³-hybridized carbons (Fsp3) is 0.391. The maximum absolute atomic E-state index is 5.88. The van der Waals surface area contributed by atoms with E-state index in [1.165, 1.54) is 18.5 Å². The van der Waals surface area contributed by atoms with Crippen LogP contribution in [0.1, 0.15) is 18.6 Å². The summed E-state index contributed by atoms with van der Waals surface area (Å²) >= 11 is 0. The lowest BCUT2D eigenvalue weighted by atomic mass is 10.2. The predicted octanol–water partition coefficient (Wildman–Crippen LogP) is 2.22. The molecule has 5 rings (SSSR count). The second kappa shape index (κ2) is 10.1. The van der Waals surface area contributed by atoms with Crippen molar-refractivity contribution in [2.24, 2.45) is 5.92 Å². The summed E-state index contributed by atoms with van der Waals surface area (Å²) in [7, 11) is 4.00. The van der Waals surface area contributed by atoms with Gasteiger partial charge in [0.25, 0.3) is 0 Å². The van der Waals surface area contributed by atoms with Crippen molar-refractivity contribution in [2.75, 3.05) is 37.9 Å². The van der Waals surface area contributed by atoms with E-state index in [9.17, 15) is 0 Å². The van der Waals surface area contributed by atoms with E-state index in [1.807, 2.05) is 38.4 Å². The van der Waals surface area contributed by atoms with Gasteiger partial charge in [0.15, 0.2) is 5.76 Å². The fourth-order valence-electron chi connectivity index (χ4n) is 3.48. The third-order valence-corrected chi connectivity index (χ3v) is 5.44. The van der Waals surface area contributed by atoms with Gasteiger partial charge in [-0.25, -0.2) is 5.43 Å². The molecule has 3 aromatic rings. The molecule has 1 aliphatic heterocycles. The molecular formula is C23H29N9O2. The first-order valence-corrected chi connectivity index (χ1v) is 11.4. The van der Waals surface area contributed by atoms with Gasteiger partial charge in [-0.1, -0.05) is 11.2 Å². The predicted molar refractivity (Wildman–Crippen MR) is 128 cm³/mol. The average molecular weight is 464 g/mol. The summed E-state index contributed by atoms with van der Waals surface area (Å²) in [5.41, 5.74) is 9.17. The Morgan fingerprint density at radius 1 is 1.18 bits per heavy atom. The Hall–Kier alpha value is -3.70. The van der Waals surface area contributed by atoms with Crippen LogP contribution in [0.2, 0.25) is 0 Å². The van der Waals surface area contributed by atoms with Gasteiger partial charge < -0.3 is 30.2 Å². The summed E-state index contributed by atoms with van der Waals surface area (Å²) in [5, 5.41) is 10.7. The highest BCUT2D eigenvalue weighted by molar-refractivity contribution is 5.53. The highest BCUT2D eigenvalue weighted by atomic mass is 16.5. The fourth-order valence-corrected chi connectivity index (χ4v) is 3.48. The summed E-state index contributed by atoms with van der Waals surface area (Å²) in [6.07, 6.45) is 6.30. The zero-order valence-corrected chi connectivity index (χ0v) is 19.3. The minimum atomic E-state index is -0.0665. The van der Waals surface area contributed by atoms with Gasteiger partial charge in [-0.15, -0.1) is 0 Å². The number of rotatable bonds is 11. The monoisotopic (exact) mass is 463 g/mol. The van der Waals surface area contributed by atoms with E-state index in [0.717, 1.165) is 12.2 Å². The molecule has 11 heteroatoms. The molecule has 1 aliphatic carbocycles. The van der Waals surface area contributed by atoms with Gasteiger partial charge in [-0.3, -0.25) is 4.98 Å². The smallest absolute Gasteiger partial charge is 0.228 e. The van der Waals surface area contributed by atoms with Crippen molar-refractivity contribution in [1.29, 1.82) is 0 Å². The average Bonchev–Trinajstić information content (AvgIpc) is 3.39. The highest BCUT2D eigenvalue weighted by Gasteiger charge is 2.30. The molecule has 1 fully saturated rings. The van der Waals surface area contributed by atoms with Gasteiger partial charge in [0, 0.05) is 30.6 Å². The van der Waals surface area contributed by atoms with Gasteiger partial charge in [-0.05, 0) is 51.1 Å². The minimum absolute atomic E-state index is 0.0665. The SMILES string of the molecule is CN(C)CCOc1cc(NC2C=C(C3CC3)NN2)nc(NCc2cc(-c3ccccn3)no2)n1. The molecular weight excluding hydrogens is 434 g/mol. The van der Waals surface area contributed by atoms with Gasteiger partial charge in [0.05, 0.1) is 12.2 Å². The van der Waals surface area contributed by atoms with E-state index in [0.29, 0.717) is 48.2 Å². The molecule has 0 bridgehead atoms. The number of aromatic nitrogens is 4. The van der Waals surface area contributed by atoms with Gasteiger partial charge in [0.2, 0.25) is 11.8 Å². The van der Waals surface area contributed by atoms with Crippen LogP contribution < -0.4 is 26.2 Å². The van der Waals surface area contributed by atoms with Gasteiger partial charge in [0.1, 0.15) is 24.3 Å². The van der Waals surface area contributed by atoms with Crippen LogP contribution >= 0.6 is 0 Å². The topological polar surface area (TPSA) is 125 Å². The largest absolute Gasteiger partial charge is 0.476 e. The zero-order chi connectivity index (χ0) is 23.3. The number of hydrogen-bond donors (Lipinski definition) is 4. The minimum Gasteiger partial charge on any atom is -0.476 e. The quantitative estimate of drug-likeness (QED) is 0.334. The number of allylic oxidation sites excluding steroid dienone is 1. The second-order valence-corrected chi connectivity index (χ2v) is 8.60. The van der Waals surface area contributed by atoms with Crippen molar-refractivity contribution in [3.8, 4) is 17.3 Å². The Bertz CT molecular complexity index is 1130. The van der Waals surface area contributed by atoms with Crippen LogP contribution in [0, 0.1) is 5.92 Å². The molecule has 0 radical (unpaired) electrons. The zero-order valence-electron chi connectivity index (χ0n) is 19.3. The summed E-state index contributed by atoms with van der Waals surface area (Å²) in [6.45, 7) is 1.67. The molecule has 1 saturated carbocycles. The normalized spacial score (nSPS) is 17.4. The van der Waals surface area contributed by atoms with E-state index < -0.39 is 0 Å². The van der Waals surface area contributed by atoms with E-state index in [2.05, 4.69) is 52.6 Å². The van der Waals surface area contributed by atoms with E-state index >= 15 is 0 Å². The molecule has 1 unspecified atom stereocenters. The first kappa shape index (κ1) is 22.1. The van der Waals surface area contributed by atoms with Crippen LogP contribution in [-0.4, -0.2) is 58.4 Å². The van der Waals surface area contributed by atoms with Gasteiger partial charge >= 0.3 is 0 Å². The van der Waals surface area contributed by atoms with Crippen molar-refractivity contribution in [3.63, 3.8) is 0 Å². The number of nitrogens with zero attached hydrogens (tertiary/aromatic N) is 5. The summed E-state index contributed by atoms with van der Waals surface area (Å²) < 4.78 is 11.3. The summed E-state index contributed by atoms with van der Waals surface area (Å²) in [4.78, 5) is 15.5. The van der Waals surface area contributed by atoms with E-state index in [-0.39, 0.29) is 6.17 Å². The highest BCUT2D eigenvalue weighted by Crippen LogP contribution is 2.36. The molecule has 3 aromatic heterocycles. The summed E-state index contributed by atoms with van der Waals surface area (Å²) in [6, 6.07) is 9.32. The molecule has 2 aliphatic rings. The number of hydrazine groups is 1. The number of pyridine rings is 1. The Labute approximate surface area is 198 Å². The van der Waals surface area contributed by atoms with Crippen LogP contribution in [0.15, 0.2) is 52.8 Å². The molecule has 0 spiro atoms. The summed E-state index contributed by atoms with van der Waals surface area (Å²) in [5.74, 6) is 2.86. The van der Waals surface area contributed by atoms with Crippen LogP contribution in [0.3, 0.4) is 0 Å². The molecule has 0 saturated heterocycles. The molecule has 0 amide bonds. The van der Waals surface area contributed by atoms with Crippen molar-refractivity contribution >= 4 is 11.8 Å². The number of hydrogen-bond acceptors (Lipinski definition) is 11.